The predicted molar refractivity (Wildman–Crippen MR) is 89.2 cm³/mol. The summed E-state index contributed by atoms with van der Waals surface area (Å²) >= 11 is 0. The average Bonchev–Trinajstić information content (AvgIpc) is 3.07. The third kappa shape index (κ3) is 3.43. The van der Waals surface area contributed by atoms with E-state index in [2.05, 4.69) is 15.7 Å². The number of nitrogens with zero attached hydrogens (tertiary/aromatic N) is 3. The van der Waals surface area contributed by atoms with Crippen molar-refractivity contribution >= 4 is 17.3 Å². The van der Waals surface area contributed by atoms with E-state index in [0.717, 1.165) is 25.9 Å². The fourth-order valence-electron chi connectivity index (χ4n) is 2.80. The quantitative estimate of drug-likeness (QED) is 0.662. The first kappa shape index (κ1) is 16.1. The Labute approximate surface area is 139 Å². The van der Waals surface area contributed by atoms with E-state index in [1.807, 2.05) is 0 Å². The van der Waals surface area contributed by atoms with Crippen LogP contribution in [0.5, 0.6) is 0 Å². The summed E-state index contributed by atoms with van der Waals surface area (Å²) in [4.78, 5) is 22.8. The van der Waals surface area contributed by atoms with Crippen LogP contribution >= 0.6 is 0 Å². The molecule has 24 heavy (non-hydrogen) atoms. The van der Waals surface area contributed by atoms with Crippen molar-refractivity contribution in [2.24, 2.45) is 0 Å². The van der Waals surface area contributed by atoms with Gasteiger partial charge in [0.25, 0.3) is 11.6 Å². The molecule has 1 aromatic carbocycles. The predicted octanol–water partition coefficient (Wildman–Crippen LogP) is 2.28. The Morgan fingerprint density at radius 2 is 2.29 bits per heavy atom. The van der Waals surface area contributed by atoms with Gasteiger partial charge >= 0.3 is 0 Å². The second-order valence-corrected chi connectivity index (χ2v) is 5.89. The summed E-state index contributed by atoms with van der Waals surface area (Å²) in [6, 6.07) is 6.52. The molecule has 0 radical (unpaired) electrons. The van der Waals surface area contributed by atoms with E-state index in [0.29, 0.717) is 16.9 Å². The highest BCUT2D eigenvalue weighted by atomic mass is 16.6. The Kier molecular flexibility index (Phi) is 4.57. The number of hydrogen-bond acceptors (Lipinski definition) is 5. The third-order valence-electron chi connectivity index (χ3n) is 4.15. The summed E-state index contributed by atoms with van der Waals surface area (Å²) in [5, 5.41) is 21.3. The van der Waals surface area contributed by atoms with Crippen LogP contribution in [0.2, 0.25) is 0 Å². The molecule has 8 nitrogen and oxygen atoms in total. The number of nitro benzene ring substituents is 1. The van der Waals surface area contributed by atoms with Crippen LogP contribution in [0.25, 0.3) is 0 Å². The average molecular weight is 329 g/mol. The number of piperidine rings is 1. The van der Waals surface area contributed by atoms with Crippen LogP contribution < -0.4 is 10.6 Å². The van der Waals surface area contributed by atoms with Crippen LogP contribution in [0.4, 0.5) is 11.4 Å². The molecule has 8 heteroatoms. The second-order valence-electron chi connectivity index (χ2n) is 5.89. The standard InChI is InChI=1S/C16H19N5O3/c1-11-4-5-12(9-15(11)21(23)24)18-16(22)14-6-8-20(19-14)13-3-2-7-17-10-13/h4-6,8-9,13,17H,2-3,7,10H2,1H3,(H,18,22). The van der Waals surface area contributed by atoms with Gasteiger partial charge in [-0.05, 0) is 38.4 Å². The molecule has 2 heterocycles. The van der Waals surface area contributed by atoms with E-state index in [9.17, 15) is 14.9 Å². The molecule has 1 atom stereocenters. The number of benzene rings is 1. The van der Waals surface area contributed by atoms with Gasteiger partial charge in [-0.25, -0.2) is 0 Å². The zero-order chi connectivity index (χ0) is 17.1. The van der Waals surface area contributed by atoms with E-state index >= 15 is 0 Å². The largest absolute Gasteiger partial charge is 0.320 e. The van der Waals surface area contributed by atoms with Crippen molar-refractivity contribution in [1.82, 2.24) is 15.1 Å². The molecular weight excluding hydrogens is 310 g/mol. The number of aromatic nitrogens is 2. The molecular formula is C16H19N5O3. The first-order valence-corrected chi connectivity index (χ1v) is 7.87. The van der Waals surface area contributed by atoms with Gasteiger partial charge in [0.1, 0.15) is 0 Å². The molecule has 2 aromatic rings. The molecule has 1 amide bonds. The van der Waals surface area contributed by atoms with E-state index in [1.54, 1.807) is 36.0 Å². The summed E-state index contributed by atoms with van der Waals surface area (Å²) in [6.07, 6.45) is 3.91. The molecule has 0 spiro atoms. The van der Waals surface area contributed by atoms with Crippen molar-refractivity contribution in [3.05, 3.63) is 51.8 Å². The smallest absolute Gasteiger partial charge is 0.276 e. The lowest BCUT2D eigenvalue weighted by atomic mass is 10.1. The van der Waals surface area contributed by atoms with Crippen molar-refractivity contribution in [2.45, 2.75) is 25.8 Å². The zero-order valence-corrected chi connectivity index (χ0v) is 13.4. The van der Waals surface area contributed by atoms with Crippen LogP contribution in [-0.4, -0.2) is 33.7 Å². The number of amides is 1. The minimum atomic E-state index is -0.463. The molecule has 1 aliphatic heterocycles. The van der Waals surface area contributed by atoms with Crippen molar-refractivity contribution < 1.29 is 9.72 Å². The van der Waals surface area contributed by atoms with Gasteiger partial charge in [-0.15, -0.1) is 0 Å². The molecule has 1 unspecified atom stereocenters. The summed E-state index contributed by atoms with van der Waals surface area (Å²) in [7, 11) is 0. The Bertz CT molecular complexity index is 765. The number of nitro groups is 1. The molecule has 1 aromatic heterocycles. The topological polar surface area (TPSA) is 102 Å². The van der Waals surface area contributed by atoms with E-state index < -0.39 is 4.92 Å². The number of carbonyl (C=O) groups is 1. The summed E-state index contributed by atoms with van der Waals surface area (Å²) < 4.78 is 1.80. The number of aryl methyl sites for hydroxylation is 1. The Hall–Kier alpha value is -2.74. The molecule has 1 saturated heterocycles. The van der Waals surface area contributed by atoms with E-state index in [-0.39, 0.29) is 17.6 Å². The molecule has 3 rings (SSSR count). The SMILES string of the molecule is Cc1ccc(NC(=O)c2ccn(C3CCCNC3)n2)cc1[N+](=O)[O-]. The highest BCUT2D eigenvalue weighted by Crippen LogP contribution is 2.23. The Morgan fingerprint density at radius 3 is 3.00 bits per heavy atom. The number of nitrogens with one attached hydrogen (secondary N) is 2. The van der Waals surface area contributed by atoms with Crippen molar-refractivity contribution in [3.63, 3.8) is 0 Å². The van der Waals surface area contributed by atoms with Crippen LogP contribution in [-0.2, 0) is 0 Å². The van der Waals surface area contributed by atoms with Gasteiger partial charge in [-0.3, -0.25) is 19.6 Å². The van der Waals surface area contributed by atoms with Crippen LogP contribution in [0.1, 0.15) is 34.9 Å². The highest BCUT2D eigenvalue weighted by Gasteiger charge is 2.18. The van der Waals surface area contributed by atoms with Gasteiger partial charge in [0.05, 0.1) is 11.0 Å². The molecule has 0 bridgehead atoms. The van der Waals surface area contributed by atoms with E-state index in [1.165, 1.54) is 6.07 Å². The summed E-state index contributed by atoms with van der Waals surface area (Å²) in [5.74, 6) is -0.379. The molecule has 0 aliphatic carbocycles. The molecule has 1 aliphatic rings. The van der Waals surface area contributed by atoms with Gasteiger partial charge in [0, 0.05) is 30.1 Å². The minimum absolute atomic E-state index is 0.0217. The fourth-order valence-corrected chi connectivity index (χ4v) is 2.80. The summed E-state index contributed by atoms with van der Waals surface area (Å²) in [5.41, 5.74) is 1.20. The maximum absolute atomic E-state index is 12.3. The monoisotopic (exact) mass is 329 g/mol. The van der Waals surface area contributed by atoms with Gasteiger partial charge in [0.15, 0.2) is 5.69 Å². The van der Waals surface area contributed by atoms with Crippen molar-refractivity contribution in [2.75, 3.05) is 18.4 Å². The number of hydrogen-bond donors (Lipinski definition) is 2. The second kappa shape index (κ2) is 6.79. The molecule has 1 fully saturated rings. The van der Waals surface area contributed by atoms with E-state index in [4.69, 9.17) is 0 Å². The highest BCUT2D eigenvalue weighted by molar-refractivity contribution is 6.02. The lowest BCUT2D eigenvalue weighted by Gasteiger charge is -2.22. The van der Waals surface area contributed by atoms with Crippen molar-refractivity contribution in [3.8, 4) is 0 Å². The third-order valence-corrected chi connectivity index (χ3v) is 4.15. The molecule has 2 N–H and O–H groups in total. The maximum atomic E-state index is 12.3. The van der Waals surface area contributed by atoms with Gasteiger partial charge in [-0.1, -0.05) is 6.07 Å². The van der Waals surface area contributed by atoms with Crippen LogP contribution in [0.15, 0.2) is 30.5 Å². The Balaban J connectivity index is 1.72. The first-order chi connectivity index (χ1) is 11.5. The molecule has 126 valence electrons. The Morgan fingerprint density at radius 1 is 1.46 bits per heavy atom. The van der Waals surface area contributed by atoms with Crippen LogP contribution in [0, 0.1) is 17.0 Å². The number of anilines is 1. The molecule has 0 saturated carbocycles. The minimum Gasteiger partial charge on any atom is -0.320 e. The first-order valence-electron chi connectivity index (χ1n) is 7.87. The summed E-state index contributed by atoms with van der Waals surface area (Å²) in [6.45, 7) is 3.51. The lowest BCUT2D eigenvalue weighted by Crippen LogP contribution is -2.32. The van der Waals surface area contributed by atoms with Gasteiger partial charge < -0.3 is 10.6 Å². The zero-order valence-electron chi connectivity index (χ0n) is 13.4. The fraction of sp³-hybridized carbons (Fsp3) is 0.375. The number of carbonyl (C=O) groups excluding carboxylic acids is 1. The van der Waals surface area contributed by atoms with Crippen molar-refractivity contribution in [1.29, 1.82) is 0 Å². The maximum Gasteiger partial charge on any atom is 0.276 e. The van der Waals surface area contributed by atoms with Gasteiger partial charge in [0.2, 0.25) is 0 Å². The van der Waals surface area contributed by atoms with Crippen LogP contribution in [0.3, 0.4) is 0 Å². The van der Waals surface area contributed by atoms with Gasteiger partial charge in [-0.2, -0.15) is 5.10 Å². The lowest BCUT2D eigenvalue weighted by molar-refractivity contribution is -0.385. The number of rotatable bonds is 4. The normalized spacial score (nSPS) is 17.5.